The molecule has 6 N–H and O–H groups in total. The lowest BCUT2D eigenvalue weighted by Crippen LogP contribution is -2.61. The summed E-state index contributed by atoms with van der Waals surface area (Å²) < 4.78 is 17.7. The summed E-state index contributed by atoms with van der Waals surface area (Å²) in [6, 6.07) is -1.02. The standard InChI is InChI=1S/C68H125NO10/c1-4-7-10-13-16-19-22-25-27-28-29-30-31-32-33-35-37-40-43-46-49-52-55-61(72)67(76)69-59(60(71)54-51-48-45-42-39-36-24-21-18-15-12-9-6-3)58-77-68-66(65(75)64(74)62(57-70)78-68)79-63(73)56-53-50-47-44-41-38-34-26-23-20-17-14-11-8-5-2/h16,19,25,27,29-30,51,54,59-62,64-66,68,70-72,74-75H,4-15,17-18,20-24,26,28,31-50,52-53,55-58H2,1-3H3,(H,69,76)/b19-16-,27-25-,30-29-,54-51+. The largest absolute Gasteiger partial charge is 0.454 e. The van der Waals surface area contributed by atoms with Crippen LogP contribution in [0, 0.1) is 0 Å². The van der Waals surface area contributed by atoms with Gasteiger partial charge in [-0.3, -0.25) is 9.59 Å². The maximum atomic E-state index is 13.5. The van der Waals surface area contributed by atoms with E-state index in [1.165, 1.54) is 186 Å². The zero-order valence-electron chi connectivity index (χ0n) is 51.2. The molecule has 0 aromatic carbocycles. The topological polar surface area (TPSA) is 175 Å². The molecule has 1 amide bonds. The van der Waals surface area contributed by atoms with Crippen molar-refractivity contribution in [3.8, 4) is 0 Å². The van der Waals surface area contributed by atoms with Gasteiger partial charge in [-0.1, -0.05) is 288 Å². The van der Waals surface area contributed by atoms with Gasteiger partial charge in [-0.25, -0.2) is 0 Å². The Labute approximate surface area is 485 Å². The Hall–Kier alpha value is -2.38. The van der Waals surface area contributed by atoms with E-state index < -0.39 is 67.4 Å². The minimum atomic E-state index is -1.61. The first-order valence-electron chi connectivity index (χ1n) is 33.4. The van der Waals surface area contributed by atoms with E-state index in [4.69, 9.17) is 14.2 Å². The number of allylic oxidation sites excluding steroid dienone is 7. The van der Waals surface area contributed by atoms with Gasteiger partial charge in [0.1, 0.15) is 24.4 Å². The summed E-state index contributed by atoms with van der Waals surface area (Å²) in [5.74, 6) is -1.19. The molecule has 11 nitrogen and oxygen atoms in total. The van der Waals surface area contributed by atoms with Crippen LogP contribution < -0.4 is 5.32 Å². The summed E-state index contributed by atoms with van der Waals surface area (Å²) in [5.41, 5.74) is 0. The van der Waals surface area contributed by atoms with Gasteiger partial charge in [0.05, 0.1) is 25.4 Å². The van der Waals surface area contributed by atoms with Gasteiger partial charge in [0.2, 0.25) is 5.91 Å². The first-order valence-corrected chi connectivity index (χ1v) is 33.4. The molecule has 462 valence electrons. The molecule has 1 rings (SSSR count). The second-order valence-corrected chi connectivity index (χ2v) is 23.2. The van der Waals surface area contributed by atoms with Gasteiger partial charge in [0.25, 0.3) is 0 Å². The molecule has 0 spiro atoms. The van der Waals surface area contributed by atoms with E-state index in [-0.39, 0.29) is 19.4 Å². The Bertz CT molecular complexity index is 1470. The number of ether oxygens (including phenoxy) is 3. The predicted molar refractivity (Wildman–Crippen MR) is 329 cm³/mol. The molecule has 0 aromatic heterocycles. The lowest BCUT2D eigenvalue weighted by atomic mass is 9.99. The summed E-state index contributed by atoms with van der Waals surface area (Å²) in [6.07, 6.45) is 58.5. The number of rotatable bonds is 57. The quantitative estimate of drug-likeness (QED) is 0.0195. The van der Waals surface area contributed by atoms with Gasteiger partial charge in [-0.15, -0.1) is 0 Å². The van der Waals surface area contributed by atoms with Gasteiger partial charge in [0.15, 0.2) is 12.4 Å². The summed E-state index contributed by atoms with van der Waals surface area (Å²) in [4.78, 5) is 26.6. The third-order valence-electron chi connectivity index (χ3n) is 15.7. The first-order chi connectivity index (χ1) is 38.7. The van der Waals surface area contributed by atoms with E-state index in [0.717, 1.165) is 77.0 Å². The molecule has 8 unspecified atom stereocenters. The fraction of sp³-hybridized carbons (Fsp3) is 0.853. The van der Waals surface area contributed by atoms with Crippen molar-refractivity contribution in [2.24, 2.45) is 0 Å². The monoisotopic (exact) mass is 1120 g/mol. The van der Waals surface area contributed by atoms with Gasteiger partial charge in [0, 0.05) is 6.42 Å². The normalized spacial score (nSPS) is 19.1. The van der Waals surface area contributed by atoms with E-state index in [0.29, 0.717) is 12.8 Å². The minimum Gasteiger partial charge on any atom is -0.454 e. The zero-order valence-corrected chi connectivity index (χ0v) is 51.2. The zero-order chi connectivity index (χ0) is 57.5. The van der Waals surface area contributed by atoms with Crippen molar-refractivity contribution in [3.63, 3.8) is 0 Å². The Morgan fingerprint density at radius 2 is 0.873 bits per heavy atom. The van der Waals surface area contributed by atoms with Crippen molar-refractivity contribution in [1.82, 2.24) is 5.32 Å². The van der Waals surface area contributed by atoms with Crippen molar-refractivity contribution < 1.29 is 49.3 Å². The number of carbonyl (C=O) groups excluding carboxylic acids is 2. The Balaban J connectivity index is 2.64. The van der Waals surface area contributed by atoms with Gasteiger partial charge < -0.3 is 45.1 Å². The molecule has 0 aromatic rings. The highest BCUT2D eigenvalue weighted by Gasteiger charge is 2.47. The molecule has 8 atom stereocenters. The van der Waals surface area contributed by atoms with Crippen molar-refractivity contribution in [3.05, 3.63) is 48.6 Å². The maximum Gasteiger partial charge on any atom is 0.306 e. The fourth-order valence-corrected chi connectivity index (χ4v) is 10.4. The molecular formula is C68H125NO10. The maximum absolute atomic E-state index is 13.5. The molecule has 0 saturated carbocycles. The van der Waals surface area contributed by atoms with E-state index in [2.05, 4.69) is 62.5 Å². The highest BCUT2D eigenvalue weighted by Crippen LogP contribution is 2.26. The van der Waals surface area contributed by atoms with Gasteiger partial charge in [-0.05, 0) is 64.2 Å². The summed E-state index contributed by atoms with van der Waals surface area (Å²) in [5, 5.41) is 57.1. The summed E-state index contributed by atoms with van der Waals surface area (Å²) >= 11 is 0. The summed E-state index contributed by atoms with van der Waals surface area (Å²) in [6.45, 7) is 5.79. The van der Waals surface area contributed by atoms with Gasteiger partial charge in [-0.2, -0.15) is 0 Å². The number of esters is 1. The number of amides is 1. The molecule has 79 heavy (non-hydrogen) atoms. The average molecular weight is 1120 g/mol. The number of hydrogen-bond acceptors (Lipinski definition) is 10. The van der Waals surface area contributed by atoms with Crippen LogP contribution in [-0.4, -0.2) is 99.6 Å². The smallest absolute Gasteiger partial charge is 0.306 e. The number of aliphatic hydroxyl groups excluding tert-OH is 5. The van der Waals surface area contributed by atoms with Crippen molar-refractivity contribution in [2.75, 3.05) is 13.2 Å². The number of unbranched alkanes of at least 4 members (excludes halogenated alkanes) is 37. The van der Waals surface area contributed by atoms with Crippen LogP contribution in [0.25, 0.3) is 0 Å². The number of aliphatic hydroxyl groups is 5. The van der Waals surface area contributed by atoms with Crippen molar-refractivity contribution >= 4 is 11.9 Å². The Morgan fingerprint density at radius 3 is 1.33 bits per heavy atom. The van der Waals surface area contributed by atoms with E-state index in [1.54, 1.807) is 6.08 Å². The first kappa shape index (κ1) is 74.6. The van der Waals surface area contributed by atoms with Crippen LogP contribution in [0.4, 0.5) is 0 Å². The lowest BCUT2D eigenvalue weighted by molar-refractivity contribution is -0.305. The summed E-state index contributed by atoms with van der Waals surface area (Å²) in [7, 11) is 0. The highest BCUT2D eigenvalue weighted by molar-refractivity contribution is 5.80. The van der Waals surface area contributed by atoms with Crippen LogP contribution in [0.2, 0.25) is 0 Å². The molecule has 11 heteroatoms. The minimum absolute atomic E-state index is 0.127. The molecule has 1 saturated heterocycles. The van der Waals surface area contributed by atoms with Crippen molar-refractivity contribution in [1.29, 1.82) is 0 Å². The van der Waals surface area contributed by atoms with Crippen LogP contribution in [0.3, 0.4) is 0 Å². The fourth-order valence-electron chi connectivity index (χ4n) is 10.4. The lowest BCUT2D eigenvalue weighted by Gasteiger charge is -2.41. The third-order valence-corrected chi connectivity index (χ3v) is 15.7. The van der Waals surface area contributed by atoms with E-state index in [9.17, 15) is 35.1 Å². The second-order valence-electron chi connectivity index (χ2n) is 23.2. The molecule has 0 bridgehead atoms. The second kappa shape index (κ2) is 56.1. The molecule has 1 aliphatic rings. The molecule has 0 radical (unpaired) electrons. The third kappa shape index (κ3) is 43.9. The van der Waals surface area contributed by atoms with E-state index >= 15 is 0 Å². The van der Waals surface area contributed by atoms with Crippen LogP contribution in [0.1, 0.15) is 310 Å². The predicted octanol–water partition coefficient (Wildman–Crippen LogP) is 16.4. The van der Waals surface area contributed by atoms with Crippen molar-refractivity contribution in [2.45, 2.75) is 359 Å². The van der Waals surface area contributed by atoms with Crippen LogP contribution in [0.15, 0.2) is 48.6 Å². The number of hydrogen-bond donors (Lipinski definition) is 6. The SMILES string of the molecule is CCCCC/C=C\C/C=C\C/C=C\CCCCCCCCCCCC(O)C(=O)NC(COC1OC(CO)C(O)C(O)C1OC(=O)CCCCCCCCCCCCCCCCC)C(O)/C=C/CCCCCCCCCCCCC. The van der Waals surface area contributed by atoms with Gasteiger partial charge >= 0.3 is 5.97 Å². The molecule has 1 aliphatic heterocycles. The number of carbonyl (C=O) groups is 2. The van der Waals surface area contributed by atoms with Crippen LogP contribution >= 0.6 is 0 Å². The van der Waals surface area contributed by atoms with Crippen LogP contribution in [0.5, 0.6) is 0 Å². The molecular weight excluding hydrogens is 991 g/mol. The molecule has 1 fully saturated rings. The Morgan fingerprint density at radius 1 is 0.494 bits per heavy atom. The Kier molecular flexibility index (Phi) is 53.0. The average Bonchev–Trinajstić information content (AvgIpc) is 3.49. The van der Waals surface area contributed by atoms with Crippen LogP contribution in [-0.2, 0) is 23.8 Å². The molecule has 0 aliphatic carbocycles. The number of nitrogens with one attached hydrogen (secondary N) is 1. The van der Waals surface area contributed by atoms with E-state index in [1.807, 2.05) is 6.08 Å². The molecule has 1 heterocycles. The highest BCUT2D eigenvalue weighted by atomic mass is 16.7.